The van der Waals surface area contributed by atoms with Gasteiger partial charge in [0.15, 0.2) is 0 Å². The Morgan fingerprint density at radius 1 is 1.30 bits per heavy atom. The Bertz CT molecular complexity index is 1180. The van der Waals surface area contributed by atoms with E-state index in [0.717, 1.165) is 11.1 Å². The smallest absolute Gasteiger partial charge is 0.352 e. The standard InChI is InChI=1S/C21H21N5O4S3/c22-8-12-4-2-1-3-11(12)7-15(31)23-17-19(28)26-18(21(29)30)13(10-33-20(17)26)9-32-16-6-5-14(27)24-25-16/h1-6,17,20H,7-10,22H2,(H,23,31)(H,24,27)(H,29,30)/t17?,20-/m1/s1. The van der Waals surface area contributed by atoms with Crippen molar-refractivity contribution in [1.82, 2.24) is 20.4 Å². The van der Waals surface area contributed by atoms with Crippen LogP contribution in [-0.4, -0.2) is 60.0 Å². The number of carbonyl (C=O) groups is 2. The molecule has 0 aliphatic carbocycles. The van der Waals surface area contributed by atoms with E-state index in [-0.39, 0.29) is 22.5 Å². The SMILES string of the molecule is NCc1ccccc1CC(=S)NC1C(=O)N2C(C(=O)O)=C(CSc3ccc(=O)[nH]n3)CS[C@H]12. The molecule has 0 spiro atoms. The Morgan fingerprint density at radius 3 is 2.73 bits per heavy atom. The number of β-lactam (4-membered cyclic amide) rings is 1. The topological polar surface area (TPSA) is 141 Å². The molecule has 172 valence electrons. The van der Waals surface area contributed by atoms with Crippen LogP contribution in [0, 0.1) is 0 Å². The highest BCUT2D eigenvalue weighted by molar-refractivity contribution is 8.01. The van der Waals surface area contributed by atoms with E-state index >= 15 is 0 Å². The van der Waals surface area contributed by atoms with E-state index in [1.165, 1.54) is 34.5 Å². The first kappa shape index (κ1) is 23.5. The Labute approximate surface area is 203 Å². The lowest BCUT2D eigenvalue weighted by atomic mass is 10.0. The van der Waals surface area contributed by atoms with E-state index in [2.05, 4.69) is 15.5 Å². The third kappa shape index (κ3) is 4.98. The molecule has 0 saturated carbocycles. The van der Waals surface area contributed by atoms with Crippen molar-refractivity contribution in [3.05, 3.63) is 69.1 Å². The summed E-state index contributed by atoms with van der Waals surface area (Å²) in [7, 11) is 0. The summed E-state index contributed by atoms with van der Waals surface area (Å²) in [5.74, 6) is -0.649. The highest BCUT2D eigenvalue weighted by atomic mass is 32.2. The molecule has 9 nitrogen and oxygen atoms in total. The van der Waals surface area contributed by atoms with Crippen molar-refractivity contribution in [2.24, 2.45) is 5.73 Å². The number of carbonyl (C=O) groups excluding carboxylic acids is 1. The molecule has 12 heteroatoms. The molecular formula is C21H21N5O4S3. The Morgan fingerprint density at radius 2 is 2.06 bits per heavy atom. The number of fused-ring (bicyclic) bond motifs is 1. The van der Waals surface area contributed by atoms with Crippen LogP contribution in [-0.2, 0) is 22.6 Å². The lowest BCUT2D eigenvalue weighted by Gasteiger charge is -2.49. The van der Waals surface area contributed by atoms with E-state index in [4.69, 9.17) is 18.0 Å². The summed E-state index contributed by atoms with van der Waals surface area (Å²) < 4.78 is 0. The van der Waals surface area contributed by atoms with Crippen molar-refractivity contribution in [2.75, 3.05) is 11.5 Å². The fourth-order valence-corrected chi connectivity index (χ4v) is 6.29. The molecule has 1 amide bonds. The van der Waals surface area contributed by atoms with Crippen molar-refractivity contribution in [3.63, 3.8) is 0 Å². The van der Waals surface area contributed by atoms with E-state index in [0.29, 0.717) is 40.1 Å². The largest absolute Gasteiger partial charge is 0.477 e. The molecule has 1 unspecified atom stereocenters. The van der Waals surface area contributed by atoms with Crippen LogP contribution in [0.2, 0.25) is 0 Å². The van der Waals surface area contributed by atoms with Crippen molar-refractivity contribution in [2.45, 2.75) is 29.4 Å². The van der Waals surface area contributed by atoms with Gasteiger partial charge in [-0.1, -0.05) is 36.5 Å². The maximum absolute atomic E-state index is 12.9. The number of H-pyrrole nitrogens is 1. The number of rotatable bonds is 8. The van der Waals surface area contributed by atoms with Crippen LogP contribution in [0.5, 0.6) is 0 Å². The second-order valence-corrected chi connectivity index (χ2v) is 10.0. The normalized spacial score (nSPS) is 19.7. The van der Waals surface area contributed by atoms with E-state index in [1.807, 2.05) is 24.3 Å². The van der Waals surface area contributed by atoms with Gasteiger partial charge in [0.05, 0.1) is 4.99 Å². The predicted molar refractivity (Wildman–Crippen MR) is 131 cm³/mol. The molecule has 2 atom stereocenters. The number of aromatic amines is 1. The van der Waals surface area contributed by atoms with Gasteiger partial charge in [-0.3, -0.25) is 14.5 Å². The van der Waals surface area contributed by atoms with Crippen LogP contribution in [0.4, 0.5) is 0 Å². The Kier molecular flexibility index (Phi) is 7.17. The lowest BCUT2D eigenvalue weighted by molar-refractivity contribution is -0.148. The average molecular weight is 504 g/mol. The zero-order valence-corrected chi connectivity index (χ0v) is 19.8. The molecule has 0 bridgehead atoms. The summed E-state index contributed by atoms with van der Waals surface area (Å²) in [6.45, 7) is 0.398. The predicted octanol–water partition coefficient (Wildman–Crippen LogP) is 1.10. The highest BCUT2D eigenvalue weighted by Gasteiger charge is 2.53. The molecule has 1 aromatic heterocycles. The molecular weight excluding hydrogens is 482 g/mol. The number of thiocarbonyl (C=S) groups is 1. The minimum Gasteiger partial charge on any atom is -0.477 e. The summed E-state index contributed by atoms with van der Waals surface area (Å²) >= 11 is 8.28. The molecule has 5 N–H and O–H groups in total. The van der Waals surface area contributed by atoms with E-state index in [9.17, 15) is 19.5 Å². The molecule has 2 aliphatic rings. The number of benzene rings is 1. The minimum absolute atomic E-state index is 0.0121. The number of aliphatic carboxylic acids is 1. The van der Waals surface area contributed by atoms with Gasteiger partial charge in [-0.15, -0.1) is 23.5 Å². The molecule has 1 saturated heterocycles. The summed E-state index contributed by atoms with van der Waals surface area (Å²) in [6, 6.07) is 10.1. The number of hydrogen-bond acceptors (Lipinski definition) is 8. The number of amides is 1. The monoisotopic (exact) mass is 503 g/mol. The molecule has 4 rings (SSSR count). The van der Waals surface area contributed by atoms with Crippen LogP contribution >= 0.6 is 35.7 Å². The maximum Gasteiger partial charge on any atom is 0.352 e. The third-order valence-electron chi connectivity index (χ3n) is 5.30. The second-order valence-electron chi connectivity index (χ2n) is 7.41. The zero-order chi connectivity index (χ0) is 23.5. The quantitative estimate of drug-likeness (QED) is 0.235. The minimum atomic E-state index is -1.14. The van der Waals surface area contributed by atoms with Crippen LogP contribution in [0.15, 0.2) is 57.5 Å². The van der Waals surface area contributed by atoms with Gasteiger partial charge in [0.25, 0.3) is 11.5 Å². The third-order valence-corrected chi connectivity index (χ3v) is 7.92. The van der Waals surface area contributed by atoms with Crippen LogP contribution in [0.1, 0.15) is 11.1 Å². The van der Waals surface area contributed by atoms with Gasteiger partial charge in [0.1, 0.15) is 22.1 Å². The number of hydrogen-bond donors (Lipinski definition) is 4. The number of thioether (sulfide) groups is 2. The molecule has 1 aromatic carbocycles. The maximum atomic E-state index is 12.9. The molecule has 0 radical (unpaired) electrons. The van der Waals surface area contributed by atoms with E-state index in [1.54, 1.807) is 6.07 Å². The van der Waals surface area contributed by atoms with Gasteiger partial charge in [0, 0.05) is 30.5 Å². The highest BCUT2D eigenvalue weighted by Crippen LogP contribution is 2.41. The summed E-state index contributed by atoms with van der Waals surface area (Å²) in [6.07, 6.45) is 0.458. The lowest BCUT2D eigenvalue weighted by Crippen LogP contribution is -2.70. The van der Waals surface area contributed by atoms with Crippen LogP contribution in [0.3, 0.4) is 0 Å². The molecule has 2 aliphatic heterocycles. The van der Waals surface area contributed by atoms with Crippen LogP contribution < -0.4 is 16.6 Å². The average Bonchev–Trinajstić information content (AvgIpc) is 2.81. The van der Waals surface area contributed by atoms with Crippen molar-refractivity contribution in [3.8, 4) is 0 Å². The van der Waals surface area contributed by atoms with Gasteiger partial charge >= 0.3 is 5.97 Å². The van der Waals surface area contributed by atoms with Gasteiger partial charge in [0.2, 0.25) is 0 Å². The van der Waals surface area contributed by atoms with Crippen molar-refractivity contribution >= 4 is 52.6 Å². The van der Waals surface area contributed by atoms with Gasteiger partial charge in [-0.05, 0) is 22.8 Å². The Balaban J connectivity index is 1.43. The van der Waals surface area contributed by atoms with Gasteiger partial charge < -0.3 is 16.2 Å². The molecule has 3 heterocycles. The number of aromatic nitrogens is 2. The molecule has 2 aromatic rings. The fourth-order valence-electron chi connectivity index (χ4n) is 3.69. The summed E-state index contributed by atoms with van der Waals surface area (Å²) in [4.78, 5) is 37.9. The van der Waals surface area contributed by atoms with Crippen molar-refractivity contribution in [1.29, 1.82) is 0 Å². The number of nitrogens with two attached hydrogens (primary N) is 1. The molecule has 33 heavy (non-hydrogen) atoms. The summed E-state index contributed by atoms with van der Waals surface area (Å²) in [5.41, 5.74) is 8.11. The number of carboxylic acid groups (broad SMARTS) is 1. The van der Waals surface area contributed by atoms with E-state index < -0.39 is 12.0 Å². The Hall–Kier alpha value is -2.67. The first-order chi connectivity index (χ1) is 15.9. The number of nitrogens with one attached hydrogen (secondary N) is 2. The van der Waals surface area contributed by atoms with Gasteiger partial charge in [-0.2, -0.15) is 5.10 Å². The summed E-state index contributed by atoms with van der Waals surface area (Å²) in [5, 5.41) is 19.4. The van der Waals surface area contributed by atoms with Crippen LogP contribution in [0.25, 0.3) is 0 Å². The van der Waals surface area contributed by atoms with Gasteiger partial charge in [-0.25, -0.2) is 9.89 Å². The first-order valence-electron chi connectivity index (χ1n) is 10.0. The number of nitrogens with zero attached hydrogens (tertiary/aromatic N) is 2. The first-order valence-corrected chi connectivity index (χ1v) is 12.5. The zero-order valence-electron chi connectivity index (χ0n) is 17.3. The fraction of sp³-hybridized carbons (Fsp3) is 0.286. The number of carboxylic acids is 1. The molecule has 1 fully saturated rings. The van der Waals surface area contributed by atoms with Crippen molar-refractivity contribution < 1.29 is 14.7 Å². The second kappa shape index (κ2) is 10.1.